The molecule has 1 aromatic heterocycles. The Kier molecular flexibility index (Phi) is 4.30. The van der Waals surface area contributed by atoms with Gasteiger partial charge in [-0.05, 0) is 38.8 Å². The SMILES string of the molecule is CCOCc1noc(CCC2CCNC2)n1. The number of aryl methyl sites for hydroxylation is 1. The van der Waals surface area contributed by atoms with E-state index < -0.39 is 0 Å². The summed E-state index contributed by atoms with van der Waals surface area (Å²) < 4.78 is 10.4. The Morgan fingerprint density at radius 2 is 2.50 bits per heavy atom. The first-order valence-corrected chi connectivity index (χ1v) is 5.98. The molecule has 0 amide bonds. The summed E-state index contributed by atoms with van der Waals surface area (Å²) in [5, 5.41) is 7.23. The van der Waals surface area contributed by atoms with Gasteiger partial charge in [-0.2, -0.15) is 4.98 Å². The molecule has 1 N–H and O–H groups in total. The van der Waals surface area contributed by atoms with Crippen LogP contribution < -0.4 is 5.32 Å². The maximum absolute atomic E-state index is 5.22. The fourth-order valence-corrected chi connectivity index (χ4v) is 1.93. The summed E-state index contributed by atoms with van der Waals surface area (Å²) in [4.78, 5) is 4.29. The Balaban J connectivity index is 1.73. The molecule has 2 rings (SSSR count). The van der Waals surface area contributed by atoms with Crippen molar-refractivity contribution in [3.05, 3.63) is 11.7 Å². The van der Waals surface area contributed by atoms with Crippen molar-refractivity contribution < 1.29 is 9.26 Å². The lowest BCUT2D eigenvalue weighted by Gasteiger charge is -2.03. The number of ether oxygens (including phenoxy) is 1. The van der Waals surface area contributed by atoms with Crippen LogP contribution in [-0.4, -0.2) is 29.8 Å². The third-order valence-corrected chi connectivity index (χ3v) is 2.87. The molecular weight excluding hydrogens is 206 g/mol. The third kappa shape index (κ3) is 3.28. The van der Waals surface area contributed by atoms with Gasteiger partial charge in [-0.1, -0.05) is 5.16 Å². The summed E-state index contributed by atoms with van der Waals surface area (Å²) in [5.41, 5.74) is 0. The number of nitrogens with zero attached hydrogens (tertiary/aromatic N) is 2. The Bertz CT molecular complexity index is 308. The van der Waals surface area contributed by atoms with Crippen molar-refractivity contribution in [2.24, 2.45) is 5.92 Å². The van der Waals surface area contributed by atoms with E-state index in [0.29, 0.717) is 19.0 Å². The minimum atomic E-state index is 0.449. The van der Waals surface area contributed by atoms with Crippen LogP contribution in [0.25, 0.3) is 0 Å². The maximum Gasteiger partial charge on any atom is 0.226 e. The average molecular weight is 225 g/mol. The quantitative estimate of drug-likeness (QED) is 0.787. The van der Waals surface area contributed by atoms with Gasteiger partial charge in [0.05, 0.1) is 0 Å². The third-order valence-electron chi connectivity index (χ3n) is 2.87. The van der Waals surface area contributed by atoms with Gasteiger partial charge in [0.15, 0.2) is 5.82 Å². The Morgan fingerprint density at radius 1 is 1.56 bits per heavy atom. The highest BCUT2D eigenvalue weighted by Gasteiger charge is 2.15. The molecular formula is C11H19N3O2. The van der Waals surface area contributed by atoms with Crippen LogP contribution >= 0.6 is 0 Å². The van der Waals surface area contributed by atoms with Crippen LogP contribution in [0.15, 0.2) is 4.52 Å². The summed E-state index contributed by atoms with van der Waals surface area (Å²) in [7, 11) is 0. The first-order valence-electron chi connectivity index (χ1n) is 5.98. The zero-order chi connectivity index (χ0) is 11.2. The lowest BCUT2D eigenvalue weighted by Crippen LogP contribution is -2.09. The molecule has 5 nitrogen and oxygen atoms in total. The summed E-state index contributed by atoms with van der Waals surface area (Å²) in [5.74, 6) is 2.16. The van der Waals surface area contributed by atoms with Crippen LogP contribution in [0.4, 0.5) is 0 Å². The lowest BCUT2D eigenvalue weighted by molar-refractivity contribution is 0.126. The number of nitrogens with one attached hydrogen (secondary N) is 1. The molecule has 0 radical (unpaired) electrons. The van der Waals surface area contributed by atoms with E-state index >= 15 is 0 Å². The summed E-state index contributed by atoms with van der Waals surface area (Å²) >= 11 is 0. The lowest BCUT2D eigenvalue weighted by atomic mass is 10.0. The number of rotatable bonds is 6. The minimum Gasteiger partial charge on any atom is -0.374 e. The minimum absolute atomic E-state index is 0.449. The second-order valence-electron chi connectivity index (χ2n) is 4.14. The Hall–Kier alpha value is -0.940. The van der Waals surface area contributed by atoms with Crippen molar-refractivity contribution in [1.29, 1.82) is 0 Å². The van der Waals surface area contributed by atoms with E-state index in [1.54, 1.807) is 0 Å². The van der Waals surface area contributed by atoms with Crippen LogP contribution in [0, 0.1) is 5.92 Å². The van der Waals surface area contributed by atoms with Gasteiger partial charge in [-0.3, -0.25) is 0 Å². The highest BCUT2D eigenvalue weighted by Crippen LogP contribution is 2.15. The predicted molar refractivity (Wildman–Crippen MR) is 58.9 cm³/mol. The first-order chi connectivity index (χ1) is 7.88. The Morgan fingerprint density at radius 3 is 3.25 bits per heavy atom. The van der Waals surface area contributed by atoms with E-state index in [4.69, 9.17) is 9.26 Å². The molecule has 1 saturated heterocycles. The van der Waals surface area contributed by atoms with Gasteiger partial charge in [0, 0.05) is 13.0 Å². The monoisotopic (exact) mass is 225 g/mol. The first kappa shape index (κ1) is 11.5. The van der Waals surface area contributed by atoms with E-state index in [-0.39, 0.29) is 0 Å². The van der Waals surface area contributed by atoms with E-state index in [1.165, 1.54) is 6.42 Å². The summed E-state index contributed by atoms with van der Waals surface area (Å²) in [6, 6.07) is 0. The molecule has 0 aromatic carbocycles. The van der Waals surface area contributed by atoms with Crippen LogP contribution in [0.2, 0.25) is 0 Å². The molecule has 0 bridgehead atoms. The number of hydrogen-bond acceptors (Lipinski definition) is 5. The smallest absolute Gasteiger partial charge is 0.226 e. The van der Waals surface area contributed by atoms with Gasteiger partial charge in [-0.15, -0.1) is 0 Å². The highest BCUT2D eigenvalue weighted by atomic mass is 16.5. The normalized spacial score (nSPS) is 20.4. The zero-order valence-electron chi connectivity index (χ0n) is 9.74. The van der Waals surface area contributed by atoms with Gasteiger partial charge in [-0.25, -0.2) is 0 Å². The largest absolute Gasteiger partial charge is 0.374 e. The van der Waals surface area contributed by atoms with E-state index in [0.717, 1.165) is 37.7 Å². The molecule has 0 saturated carbocycles. The molecule has 0 aliphatic carbocycles. The van der Waals surface area contributed by atoms with Gasteiger partial charge < -0.3 is 14.6 Å². The summed E-state index contributed by atoms with van der Waals surface area (Å²) in [6.45, 7) is 5.35. The molecule has 90 valence electrons. The Labute approximate surface area is 95.6 Å². The van der Waals surface area contributed by atoms with E-state index in [9.17, 15) is 0 Å². The van der Waals surface area contributed by atoms with Crippen molar-refractivity contribution in [3.63, 3.8) is 0 Å². The van der Waals surface area contributed by atoms with Gasteiger partial charge in [0.1, 0.15) is 6.61 Å². The standard InChI is InChI=1S/C11H19N3O2/c1-2-15-8-10-13-11(16-14-10)4-3-9-5-6-12-7-9/h9,12H,2-8H2,1H3. The van der Waals surface area contributed by atoms with Gasteiger partial charge in [0.2, 0.25) is 5.89 Å². The van der Waals surface area contributed by atoms with E-state index in [2.05, 4.69) is 15.5 Å². The van der Waals surface area contributed by atoms with Crippen LogP contribution in [0.5, 0.6) is 0 Å². The van der Waals surface area contributed by atoms with Gasteiger partial charge >= 0.3 is 0 Å². The van der Waals surface area contributed by atoms with Crippen molar-refractivity contribution in [3.8, 4) is 0 Å². The second-order valence-corrected chi connectivity index (χ2v) is 4.14. The average Bonchev–Trinajstić information content (AvgIpc) is 2.95. The van der Waals surface area contributed by atoms with Crippen molar-refractivity contribution >= 4 is 0 Å². The molecule has 1 aliphatic heterocycles. The predicted octanol–water partition coefficient (Wildman–Crippen LogP) is 1.15. The van der Waals surface area contributed by atoms with Crippen molar-refractivity contribution in [2.75, 3.05) is 19.7 Å². The molecule has 1 unspecified atom stereocenters. The van der Waals surface area contributed by atoms with Crippen LogP contribution in [0.3, 0.4) is 0 Å². The molecule has 5 heteroatoms. The molecule has 0 spiro atoms. The fourth-order valence-electron chi connectivity index (χ4n) is 1.93. The van der Waals surface area contributed by atoms with Crippen LogP contribution in [-0.2, 0) is 17.8 Å². The topological polar surface area (TPSA) is 60.2 Å². The molecule has 1 aliphatic rings. The highest BCUT2D eigenvalue weighted by molar-refractivity contribution is 4.86. The van der Waals surface area contributed by atoms with Crippen molar-refractivity contribution in [1.82, 2.24) is 15.5 Å². The summed E-state index contributed by atoms with van der Waals surface area (Å²) in [6.07, 6.45) is 3.27. The number of aromatic nitrogens is 2. The maximum atomic E-state index is 5.22. The van der Waals surface area contributed by atoms with Crippen molar-refractivity contribution in [2.45, 2.75) is 32.8 Å². The molecule has 2 heterocycles. The number of hydrogen-bond donors (Lipinski definition) is 1. The molecule has 1 fully saturated rings. The van der Waals surface area contributed by atoms with Crippen LogP contribution in [0.1, 0.15) is 31.5 Å². The van der Waals surface area contributed by atoms with Gasteiger partial charge in [0.25, 0.3) is 0 Å². The fraction of sp³-hybridized carbons (Fsp3) is 0.818. The van der Waals surface area contributed by atoms with E-state index in [1.807, 2.05) is 6.92 Å². The zero-order valence-corrected chi connectivity index (χ0v) is 9.74. The molecule has 16 heavy (non-hydrogen) atoms. The molecule has 1 atom stereocenters. The molecule has 1 aromatic rings. The second kappa shape index (κ2) is 5.96.